The van der Waals surface area contributed by atoms with Crippen LogP contribution in [0, 0.1) is 0 Å². The average Bonchev–Trinajstić information content (AvgIpc) is 3.19. The van der Waals surface area contributed by atoms with E-state index in [1.165, 1.54) is 100 Å². The van der Waals surface area contributed by atoms with E-state index in [-0.39, 0.29) is 19.0 Å². The van der Waals surface area contributed by atoms with E-state index in [0.29, 0.717) is 0 Å². The maximum absolute atomic E-state index is 11.5. The summed E-state index contributed by atoms with van der Waals surface area (Å²) in [6.45, 7) is 2.06. The van der Waals surface area contributed by atoms with Gasteiger partial charge >= 0.3 is 13.5 Å². The fourth-order valence-electron chi connectivity index (χ4n) is 4.74. The summed E-state index contributed by atoms with van der Waals surface area (Å²) in [5.41, 5.74) is 4.79. The van der Waals surface area contributed by atoms with Gasteiger partial charge in [-0.1, -0.05) is 103 Å². The average molecular weight is 608 g/mol. The molecule has 7 N–H and O–H groups in total. The van der Waals surface area contributed by atoms with Crippen LogP contribution in [0.1, 0.15) is 110 Å². The zero-order chi connectivity index (χ0) is 30.5. The number of nitrogen functional groups attached to an aromatic ring is 1. The van der Waals surface area contributed by atoms with Crippen molar-refractivity contribution in [2.75, 3.05) is 18.9 Å². The van der Waals surface area contributed by atoms with Crippen LogP contribution < -0.4 is 11.4 Å². The minimum Gasteiger partial charge on any atom is -0.394 e. The number of aliphatic hydroxyl groups is 3. The molecule has 4 atom stereocenters. The van der Waals surface area contributed by atoms with Crippen LogP contribution >= 0.6 is 7.82 Å². The van der Waals surface area contributed by atoms with E-state index in [9.17, 15) is 19.6 Å². The fraction of sp³-hybridized carbons (Fsp3) is 0.857. The number of phosphoric acid groups is 1. The second-order valence-corrected chi connectivity index (χ2v) is 12.0. The number of anilines is 1. The van der Waals surface area contributed by atoms with Crippen molar-refractivity contribution in [3.05, 3.63) is 22.7 Å². The molecule has 41 heavy (non-hydrogen) atoms. The van der Waals surface area contributed by atoms with Gasteiger partial charge in [-0.3, -0.25) is 9.09 Å². The van der Waals surface area contributed by atoms with Crippen molar-refractivity contribution in [1.29, 1.82) is 0 Å². The van der Waals surface area contributed by atoms with Gasteiger partial charge < -0.3 is 35.6 Å². The summed E-state index contributed by atoms with van der Waals surface area (Å²) in [7, 11) is -4.26. The second kappa shape index (κ2) is 22.2. The van der Waals surface area contributed by atoms with Gasteiger partial charge in [0.2, 0.25) is 0 Å². The summed E-state index contributed by atoms with van der Waals surface area (Å²) < 4.78 is 21.4. The van der Waals surface area contributed by atoms with E-state index in [2.05, 4.69) is 16.4 Å². The largest absolute Gasteiger partial charge is 0.469 e. The van der Waals surface area contributed by atoms with Crippen molar-refractivity contribution in [1.82, 2.24) is 9.55 Å². The molecular formula is C28H54N3O9P. The number of hydrogen-bond acceptors (Lipinski definition) is 9. The van der Waals surface area contributed by atoms with Crippen LogP contribution in [-0.4, -0.2) is 72.3 Å². The van der Waals surface area contributed by atoms with Crippen LogP contribution in [-0.2, 0) is 20.4 Å². The molecule has 0 aromatic carbocycles. The Morgan fingerprint density at radius 3 is 1.76 bits per heavy atom. The van der Waals surface area contributed by atoms with Gasteiger partial charge in [0.25, 0.3) is 0 Å². The maximum atomic E-state index is 11.5. The van der Waals surface area contributed by atoms with Crippen LogP contribution in [0.15, 0.2) is 17.1 Å². The van der Waals surface area contributed by atoms with Gasteiger partial charge in [0.1, 0.15) is 30.2 Å². The van der Waals surface area contributed by atoms with Crippen LogP contribution in [0.3, 0.4) is 0 Å². The molecule has 1 saturated heterocycles. The molecule has 1 fully saturated rings. The molecule has 1 aromatic rings. The van der Waals surface area contributed by atoms with Crippen molar-refractivity contribution < 1.29 is 38.9 Å². The van der Waals surface area contributed by atoms with Gasteiger partial charge in [0.15, 0.2) is 0 Å². The summed E-state index contributed by atoms with van der Waals surface area (Å²) in [5.74, 6) is 0.109. The number of nitrogens with two attached hydrogens (primary N) is 1. The van der Waals surface area contributed by atoms with E-state index in [0.717, 1.165) is 19.3 Å². The molecule has 240 valence electrons. The lowest BCUT2D eigenvalue weighted by Gasteiger charge is -2.15. The topological polar surface area (TPSA) is 198 Å². The molecule has 1 aliphatic rings. The van der Waals surface area contributed by atoms with E-state index in [1.54, 1.807) is 0 Å². The van der Waals surface area contributed by atoms with E-state index < -0.39 is 44.5 Å². The highest BCUT2D eigenvalue weighted by Gasteiger charge is 2.42. The monoisotopic (exact) mass is 607 g/mol. The molecule has 13 heteroatoms. The Bertz CT molecular complexity index is 899. The standard InChI is InChI=1S/C18H39O4P.C10H15N3O5/c1-2-3-4-5-6-7-8-9-10-11-12-13-14-15-16-17-18-22-23(19,20)21;11-7-1-2-13(10(17)12-7)3-5-8(15)9(16)6(4-14)18-5/h2-18H2,1H3,(H2,19,20,21);1-2,5-6,8-9,14-16H,3-4H2,(H2,11,12,17)/t;5-,6+,8-,9+/m.0/s1. The molecule has 1 aliphatic heterocycles. The number of aliphatic hydroxyl groups excluding tert-OH is 3. The van der Waals surface area contributed by atoms with Gasteiger partial charge in [0.05, 0.1) is 19.8 Å². The Kier molecular flexibility index (Phi) is 20.4. The molecule has 0 spiro atoms. The molecule has 2 rings (SSSR count). The van der Waals surface area contributed by atoms with Gasteiger partial charge in [-0.2, -0.15) is 4.98 Å². The Hall–Kier alpha value is -1.37. The molecule has 0 saturated carbocycles. The van der Waals surface area contributed by atoms with Crippen molar-refractivity contribution in [2.45, 2.75) is 141 Å². The normalized spacial score (nSPS) is 20.6. The third kappa shape index (κ3) is 18.0. The Balaban J connectivity index is 0.000000420. The lowest BCUT2D eigenvalue weighted by atomic mass is 10.0. The summed E-state index contributed by atoms with van der Waals surface area (Å²) >= 11 is 0. The van der Waals surface area contributed by atoms with Crippen LogP contribution in [0.2, 0.25) is 0 Å². The highest BCUT2D eigenvalue weighted by molar-refractivity contribution is 7.46. The summed E-state index contributed by atoms with van der Waals surface area (Å²) in [5, 5.41) is 28.2. The number of aromatic nitrogens is 2. The fourth-order valence-corrected chi connectivity index (χ4v) is 5.10. The van der Waals surface area contributed by atoms with Gasteiger partial charge in [-0.25, -0.2) is 9.36 Å². The maximum Gasteiger partial charge on any atom is 0.469 e. The number of phosphoric ester groups is 1. The van der Waals surface area contributed by atoms with Crippen molar-refractivity contribution in [3.8, 4) is 0 Å². The predicted molar refractivity (Wildman–Crippen MR) is 158 cm³/mol. The number of hydrogen-bond donors (Lipinski definition) is 6. The first-order valence-corrected chi connectivity index (χ1v) is 16.8. The second-order valence-electron chi connectivity index (χ2n) is 10.8. The number of unbranched alkanes of at least 4 members (excludes halogenated alkanes) is 15. The molecule has 0 aliphatic carbocycles. The third-order valence-corrected chi connectivity index (χ3v) is 7.69. The lowest BCUT2D eigenvalue weighted by molar-refractivity contribution is -0.0269. The van der Waals surface area contributed by atoms with Gasteiger partial charge in [-0.15, -0.1) is 0 Å². The first-order valence-electron chi connectivity index (χ1n) is 15.2. The molecule has 0 radical (unpaired) electrons. The minimum atomic E-state index is -4.26. The molecule has 1 aromatic heterocycles. The number of nitrogens with zero attached hydrogens (tertiary/aromatic N) is 2. The smallest absolute Gasteiger partial charge is 0.394 e. The predicted octanol–water partition coefficient (Wildman–Crippen LogP) is 3.66. The summed E-state index contributed by atoms with van der Waals surface area (Å²) in [6, 6.07) is 1.45. The first kappa shape index (κ1) is 37.7. The lowest BCUT2D eigenvalue weighted by Crippen LogP contribution is -2.37. The molecule has 0 amide bonds. The Morgan fingerprint density at radius 1 is 0.878 bits per heavy atom. The molecule has 12 nitrogen and oxygen atoms in total. The zero-order valence-electron chi connectivity index (χ0n) is 24.7. The first-order chi connectivity index (χ1) is 19.6. The SMILES string of the molecule is CCCCCCCCCCCCCCCCCCOP(=O)(O)O.Nc1ccn(C[C@@H]2O[C@H](CO)[C@@H](O)[C@H]2O)c(=O)n1. The quantitative estimate of drug-likeness (QED) is 0.0881. The summed E-state index contributed by atoms with van der Waals surface area (Å²) in [4.78, 5) is 32.1. The molecule has 0 unspecified atom stereocenters. The van der Waals surface area contributed by atoms with Crippen LogP contribution in [0.4, 0.5) is 5.82 Å². The number of ether oxygens (including phenoxy) is 1. The Labute approximate surface area is 244 Å². The van der Waals surface area contributed by atoms with E-state index in [4.69, 9.17) is 25.4 Å². The van der Waals surface area contributed by atoms with Crippen molar-refractivity contribution in [3.63, 3.8) is 0 Å². The Morgan fingerprint density at radius 2 is 1.34 bits per heavy atom. The van der Waals surface area contributed by atoms with E-state index >= 15 is 0 Å². The highest BCUT2D eigenvalue weighted by atomic mass is 31.2. The highest BCUT2D eigenvalue weighted by Crippen LogP contribution is 2.35. The van der Waals surface area contributed by atoms with Crippen LogP contribution in [0.5, 0.6) is 0 Å². The van der Waals surface area contributed by atoms with Crippen LogP contribution in [0.25, 0.3) is 0 Å². The third-order valence-electron chi connectivity index (χ3n) is 7.17. The number of rotatable bonds is 21. The minimum absolute atomic E-state index is 0.0286. The van der Waals surface area contributed by atoms with Crippen molar-refractivity contribution >= 4 is 13.6 Å². The van der Waals surface area contributed by atoms with Gasteiger partial charge in [-0.05, 0) is 12.5 Å². The molecule has 2 heterocycles. The molecule has 0 bridgehead atoms. The van der Waals surface area contributed by atoms with E-state index in [1.807, 2.05) is 0 Å². The molecular weight excluding hydrogens is 553 g/mol. The van der Waals surface area contributed by atoms with Crippen molar-refractivity contribution in [2.24, 2.45) is 0 Å². The van der Waals surface area contributed by atoms with Gasteiger partial charge in [0, 0.05) is 6.20 Å². The summed E-state index contributed by atoms with van der Waals surface area (Å²) in [6.07, 6.45) is 18.2. The zero-order valence-corrected chi connectivity index (χ0v) is 25.6.